The Hall–Kier alpha value is -2.95. The van der Waals surface area contributed by atoms with Gasteiger partial charge >= 0.3 is 5.97 Å². The van der Waals surface area contributed by atoms with Crippen LogP contribution in [0.25, 0.3) is 10.9 Å². The number of aryl methyl sites for hydroxylation is 1. The molecule has 0 bridgehead atoms. The summed E-state index contributed by atoms with van der Waals surface area (Å²) in [5.41, 5.74) is 3.50. The highest BCUT2D eigenvalue weighted by atomic mass is 16.4. The lowest BCUT2D eigenvalue weighted by molar-refractivity contribution is 0.0690. The molecule has 21 heavy (non-hydrogen) atoms. The molecule has 0 radical (unpaired) electrons. The van der Waals surface area contributed by atoms with Crippen molar-refractivity contribution in [3.05, 3.63) is 60.0 Å². The fourth-order valence-electron chi connectivity index (χ4n) is 2.16. The van der Waals surface area contributed by atoms with Crippen LogP contribution in [0.5, 0.6) is 0 Å². The Kier molecular flexibility index (Phi) is 3.23. The first-order valence-electron chi connectivity index (χ1n) is 6.46. The van der Waals surface area contributed by atoms with Crippen LogP contribution in [-0.4, -0.2) is 21.0 Å². The highest BCUT2D eigenvalue weighted by Gasteiger charge is 2.06. The predicted molar refractivity (Wildman–Crippen MR) is 81.0 cm³/mol. The fraction of sp³-hybridized carbons (Fsp3) is 0.0625. The normalized spacial score (nSPS) is 10.5. The standard InChI is InChI=1S/C16H13N3O2/c1-10-8-15(12-4-2-3-5-13(12)18-10)19-11-6-7-14(16(20)21)17-9-11/h2-9H,1H3,(H,18,19)(H,20,21). The molecule has 2 heterocycles. The molecule has 0 unspecified atom stereocenters. The number of para-hydroxylation sites is 1. The number of pyridine rings is 2. The maximum atomic E-state index is 10.8. The van der Waals surface area contributed by atoms with Crippen molar-refractivity contribution in [2.24, 2.45) is 0 Å². The van der Waals surface area contributed by atoms with Crippen LogP contribution in [0.1, 0.15) is 16.2 Å². The van der Waals surface area contributed by atoms with Gasteiger partial charge in [-0.15, -0.1) is 0 Å². The molecule has 0 aliphatic heterocycles. The summed E-state index contributed by atoms with van der Waals surface area (Å²) in [5, 5.41) is 13.1. The number of carbonyl (C=O) groups is 1. The van der Waals surface area contributed by atoms with Crippen LogP contribution in [0.15, 0.2) is 48.7 Å². The minimum atomic E-state index is -1.04. The molecule has 5 heteroatoms. The molecule has 3 rings (SSSR count). The van der Waals surface area contributed by atoms with Gasteiger partial charge in [0.25, 0.3) is 0 Å². The summed E-state index contributed by atoms with van der Waals surface area (Å²) in [6, 6.07) is 13.0. The van der Waals surface area contributed by atoms with Crippen molar-refractivity contribution < 1.29 is 9.90 Å². The second-order valence-electron chi connectivity index (χ2n) is 4.69. The molecule has 0 atom stereocenters. The Morgan fingerprint density at radius 3 is 2.71 bits per heavy atom. The average Bonchev–Trinajstić information content (AvgIpc) is 2.47. The summed E-state index contributed by atoms with van der Waals surface area (Å²) in [5.74, 6) is -1.04. The van der Waals surface area contributed by atoms with Crippen molar-refractivity contribution in [2.75, 3.05) is 5.32 Å². The molecule has 0 saturated carbocycles. The van der Waals surface area contributed by atoms with E-state index in [1.54, 1.807) is 6.07 Å². The van der Waals surface area contributed by atoms with Crippen LogP contribution in [0, 0.1) is 6.92 Å². The van der Waals surface area contributed by atoms with Crippen molar-refractivity contribution in [3.63, 3.8) is 0 Å². The average molecular weight is 279 g/mol. The van der Waals surface area contributed by atoms with Gasteiger partial charge in [0.2, 0.25) is 0 Å². The van der Waals surface area contributed by atoms with Gasteiger partial charge in [0.05, 0.1) is 17.4 Å². The molecule has 2 aromatic heterocycles. The maximum Gasteiger partial charge on any atom is 0.354 e. The zero-order chi connectivity index (χ0) is 14.8. The molecule has 104 valence electrons. The molecule has 0 aliphatic rings. The predicted octanol–water partition coefficient (Wildman–Crippen LogP) is 3.38. The van der Waals surface area contributed by atoms with E-state index in [0.29, 0.717) is 0 Å². The minimum Gasteiger partial charge on any atom is -0.477 e. The number of hydrogen-bond acceptors (Lipinski definition) is 4. The Morgan fingerprint density at radius 2 is 2.00 bits per heavy atom. The Labute approximate surface area is 121 Å². The van der Waals surface area contributed by atoms with Gasteiger partial charge in [-0.1, -0.05) is 18.2 Å². The van der Waals surface area contributed by atoms with E-state index in [0.717, 1.165) is 28.0 Å². The number of nitrogens with zero attached hydrogens (tertiary/aromatic N) is 2. The molecule has 2 N–H and O–H groups in total. The molecule has 0 spiro atoms. The lowest BCUT2D eigenvalue weighted by atomic mass is 10.1. The number of carboxylic acids is 1. The molecule has 0 fully saturated rings. The summed E-state index contributed by atoms with van der Waals surface area (Å²) < 4.78 is 0. The van der Waals surface area contributed by atoms with Gasteiger partial charge in [0.1, 0.15) is 5.69 Å². The zero-order valence-electron chi connectivity index (χ0n) is 11.4. The van der Waals surface area contributed by atoms with Crippen LogP contribution in [-0.2, 0) is 0 Å². The lowest BCUT2D eigenvalue weighted by Crippen LogP contribution is -2.01. The monoisotopic (exact) mass is 279 g/mol. The first kappa shape index (κ1) is 13.1. The maximum absolute atomic E-state index is 10.8. The molecule has 0 amide bonds. The Bertz CT molecular complexity index is 813. The van der Waals surface area contributed by atoms with Gasteiger partial charge in [-0.05, 0) is 31.2 Å². The number of fused-ring (bicyclic) bond motifs is 1. The van der Waals surface area contributed by atoms with Crippen LogP contribution in [0.2, 0.25) is 0 Å². The highest BCUT2D eigenvalue weighted by molar-refractivity contribution is 5.93. The lowest BCUT2D eigenvalue weighted by Gasteiger charge is -2.10. The number of aromatic nitrogens is 2. The first-order valence-corrected chi connectivity index (χ1v) is 6.46. The largest absolute Gasteiger partial charge is 0.477 e. The SMILES string of the molecule is Cc1cc(Nc2ccc(C(=O)O)nc2)c2ccccc2n1. The molecule has 1 aromatic carbocycles. The van der Waals surface area contributed by atoms with Gasteiger partial charge < -0.3 is 10.4 Å². The Balaban J connectivity index is 1.99. The number of aromatic carboxylic acids is 1. The van der Waals surface area contributed by atoms with Crippen molar-refractivity contribution >= 4 is 28.2 Å². The van der Waals surface area contributed by atoms with E-state index < -0.39 is 5.97 Å². The molecule has 5 nitrogen and oxygen atoms in total. The number of nitrogens with one attached hydrogen (secondary N) is 1. The number of benzene rings is 1. The third-order valence-corrected chi connectivity index (χ3v) is 3.11. The van der Waals surface area contributed by atoms with E-state index in [1.807, 2.05) is 37.3 Å². The summed E-state index contributed by atoms with van der Waals surface area (Å²) >= 11 is 0. The van der Waals surface area contributed by atoms with Crippen LogP contribution < -0.4 is 5.32 Å². The number of anilines is 2. The smallest absolute Gasteiger partial charge is 0.354 e. The van der Waals surface area contributed by atoms with E-state index >= 15 is 0 Å². The van der Waals surface area contributed by atoms with Crippen molar-refractivity contribution in [1.29, 1.82) is 0 Å². The van der Waals surface area contributed by atoms with E-state index in [4.69, 9.17) is 5.11 Å². The Morgan fingerprint density at radius 1 is 1.19 bits per heavy atom. The number of rotatable bonds is 3. The van der Waals surface area contributed by atoms with Crippen LogP contribution >= 0.6 is 0 Å². The highest BCUT2D eigenvalue weighted by Crippen LogP contribution is 2.26. The number of carboxylic acid groups (broad SMARTS) is 1. The van der Waals surface area contributed by atoms with Gasteiger partial charge in [-0.25, -0.2) is 9.78 Å². The summed E-state index contributed by atoms with van der Waals surface area (Å²) in [6.07, 6.45) is 1.51. The van der Waals surface area contributed by atoms with Crippen LogP contribution in [0.4, 0.5) is 11.4 Å². The third-order valence-electron chi connectivity index (χ3n) is 3.11. The minimum absolute atomic E-state index is 0.0244. The van der Waals surface area contributed by atoms with Crippen LogP contribution in [0.3, 0.4) is 0 Å². The van der Waals surface area contributed by atoms with Crippen molar-refractivity contribution in [2.45, 2.75) is 6.92 Å². The van der Waals surface area contributed by atoms with E-state index in [-0.39, 0.29) is 5.69 Å². The molecular formula is C16H13N3O2. The third kappa shape index (κ3) is 2.67. The second kappa shape index (κ2) is 5.20. The van der Waals surface area contributed by atoms with E-state index in [1.165, 1.54) is 12.3 Å². The van der Waals surface area contributed by atoms with Crippen molar-refractivity contribution in [1.82, 2.24) is 9.97 Å². The van der Waals surface area contributed by atoms with Gasteiger partial charge in [0, 0.05) is 16.8 Å². The van der Waals surface area contributed by atoms with E-state index in [2.05, 4.69) is 15.3 Å². The van der Waals surface area contributed by atoms with Gasteiger partial charge in [-0.2, -0.15) is 0 Å². The number of hydrogen-bond donors (Lipinski definition) is 2. The molecule has 0 saturated heterocycles. The molecule has 3 aromatic rings. The zero-order valence-corrected chi connectivity index (χ0v) is 11.4. The first-order chi connectivity index (χ1) is 10.1. The van der Waals surface area contributed by atoms with Gasteiger partial charge in [-0.3, -0.25) is 4.98 Å². The summed E-state index contributed by atoms with van der Waals surface area (Å²) in [4.78, 5) is 19.2. The molecule has 0 aliphatic carbocycles. The quantitative estimate of drug-likeness (QED) is 0.768. The summed E-state index contributed by atoms with van der Waals surface area (Å²) in [7, 11) is 0. The topological polar surface area (TPSA) is 75.1 Å². The second-order valence-corrected chi connectivity index (χ2v) is 4.69. The molecular weight excluding hydrogens is 266 g/mol. The van der Waals surface area contributed by atoms with Gasteiger partial charge in [0.15, 0.2) is 0 Å². The summed E-state index contributed by atoms with van der Waals surface area (Å²) in [6.45, 7) is 1.93. The fourth-order valence-corrected chi connectivity index (χ4v) is 2.16. The van der Waals surface area contributed by atoms with Crippen molar-refractivity contribution in [3.8, 4) is 0 Å². The van der Waals surface area contributed by atoms with E-state index in [9.17, 15) is 4.79 Å².